The van der Waals surface area contributed by atoms with E-state index in [-0.39, 0.29) is 17.1 Å². The molecule has 0 rings (SSSR count). The predicted molar refractivity (Wildman–Crippen MR) is 12.7 cm³/mol. The van der Waals surface area contributed by atoms with Gasteiger partial charge in [-0.15, -0.1) is 0 Å². The summed E-state index contributed by atoms with van der Waals surface area (Å²) in [5.41, 5.74) is 0. The molecule has 0 aliphatic rings. The van der Waals surface area contributed by atoms with Crippen molar-refractivity contribution >= 4 is 10.5 Å². The molecule has 0 aliphatic heterocycles. The van der Waals surface area contributed by atoms with Crippen LogP contribution in [0.15, 0.2) is 0 Å². The van der Waals surface area contributed by atoms with E-state index in [1.165, 1.54) is 0 Å². The van der Waals surface area contributed by atoms with Gasteiger partial charge in [-0.1, -0.05) is 3.89 Å². The van der Waals surface area contributed by atoms with Crippen molar-refractivity contribution in [1.29, 1.82) is 0 Å². The van der Waals surface area contributed by atoms with Crippen LogP contribution >= 0.6 is 0 Å². The van der Waals surface area contributed by atoms with Crippen LogP contribution in [0.5, 0.6) is 0 Å². The molecule has 1 N–H and O–H groups in total. The summed E-state index contributed by atoms with van der Waals surface area (Å²) < 4.78 is 34.1. The van der Waals surface area contributed by atoms with Crippen LogP contribution in [0.4, 0.5) is 3.89 Å². The van der Waals surface area contributed by atoms with Gasteiger partial charge in [0.15, 0.2) is 0 Å². The Morgan fingerprint density at radius 3 is 1.50 bits per heavy atom. The van der Waals surface area contributed by atoms with Gasteiger partial charge in [0.25, 0.3) is 0 Å². The summed E-state index contributed by atoms with van der Waals surface area (Å²) in [4.78, 5) is 0. The molecule has 3 nitrogen and oxygen atoms in total. The van der Waals surface area contributed by atoms with E-state index in [1.807, 2.05) is 0 Å². The van der Waals surface area contributed by atoms with E-state index < -0.39 is 10.5 Å². The summed E-state index contributed by atoms with van der Waals surface area (Å²) in [6.45, 7) is 0. The maximum Gasteiger partial charge on any atom is 0.435 e. The maximum absolute atomic E-state index is 10.2. The molecule has 6 heavy (non-hydrogen) atoms. The van der Waals surface area contributed by atoms with Gasteiger partial charge in [0.2, 0.25) is 0 Å². The quantitative estimate of drug-likeness (QED) is 0.299. The summed E-state index contributed by atoms with van der Waals surface area (Å²) in [5, 5.41) is 0. The summed E-state index contributed by atoms with van der Waals surface area (Å²) in [5.74, 6) is 0. The van der Waals surface area contributed by atoms with E-state index in [9.17, 15) is 3.89 Å². The number of rotatable bonds is 0. The Balaban J connectivity index is 0. The van der Waals surface area contributed by atoms with Gasteiger partial charge < -0.3 is 0 Å². The SMILES string of the molecule is O=S(=O)(O)F.[Fe]. The van der Waals surface area contributed by atoms with Gasteiger partial charge >= 0.3 is 10.5 Å². The standard InChI is InChI=1S/FHO3S.Fe/c1-5(2,3)4;/h(H,2,3,4);. The van der Waals surface area contributed by atoms with Gasteiger partial charge in [-0.2, -0.15) is 8.42 Å². The van der Waals surface area contributed by atoms with E-state index in [0.717, 1.165) is 0 Å². The molecular weight excluding hydrogens is 155 g/mol. The second-order valence-electron chi connectivity index (χ2n) is 0.412. The first kappa shape index (κ1) is 9.61. The molecule has 0 aromatic heterocycles. The number of halogens is 1. The van der Waals surface area contributed by atoms with Crippen molar-refractivity contribution in [3.8, 4) is 0 Å². The van der Waals surface area contributed by atoms with Crippen LogP contribution in [-0.4, -0.2) is 13.0 Å². The van der Waals surface area contributed by atoms with Crippen molar-refractivity contribution in [2.24, 2.45) is 0 Å². The van der Waals surface area contributed by atoms with Crippen LogP contribution in [0.3, 0.4) is 0 Å². The zero-order valence-corrected chi connectivity index (χ0v) is 4.32. The molecule has 0 unspecified atom stereocenters. The Hall–Kier alpha value is 0.359. The van der Waals surface area contributed by atoms with Crippen LogP contribution in [0.2, 0.25) is 0 Å². The van der Waals surface area contributed by atoms with Crippen LogP contribution in [-0.2, 0) is 27.6 Å². The van der Waals surface area contributed by atoms with Crippen LogP contribution in [0.25, 0.3) is 0 Å². The molecule has 0 spiro atoms. The molecule has 0 saturated carbocycles. The van der Waals surface area contributed by atoms with E-state index in [2.05, 4.69) is 0 Å². The van der Waals surface area contributed by atoms with Crippen molar-refractivity contribution in [3.05, 3.63) is 0 Å². The molecule has 0 saturated heterocycles. The fourth-order valence-electron chi connectivity index (χ4n) is 0. The molecule has 6 heteroatoms. The van der Waals surface area contributed by atoms with Crippen molar-refractivity contribution in [2.75, 3.05) is 0 Å². The monoisotopic (exact) mass is 156 g/mol. The molecule has 0 fully saturated rings. The minimum Gasteiger partial charge on any atom is -0.260 e. The molecule has 0 aromatic rings. The normalized spacial score (nSPS) is 9.67. The Bertz CT molecular complexity index is 94.0. The zero-order valence-electron chi connectivity index (χ0n) is 2.40. The van der Waals surface area contributed by atoms with Crippen LogP contribution in [0.1, 0.15) is 0 Å². The molecular formula is HFFeO3S. The third-order valence-corrected chi connectivity index (χ3v) is 0. The van der Waals surface area contributed by atoms with E-state index in [4.69, 9.17) is 13.0 Å². The first-order valence-electron chi connectivity index (χ1n) is 0.670. The Morgan fingerprint density at radius 2 is 1.50 bits per heavy atom. The maximum atomic E-state index is 10.2. The Labute approximate surface area is 45.1 Å². The fraction of sp³-hybridized carbons (Fsp3) is 0. The van der Waals surface area contributed by atoms with Gasteiger partial charge in [0, 0.05) is 17.1 Å². The Morgan fingerprint density at radius 1 is 1.50 bits per heavy atom. The van der Waals surface area contributed by atoms with Crippen molar-refractivity contribution in [1.82, 2.24) is 0 Å². The average Bonchev–Trinajstić information content (AvgIpc) is 0.722. The molecule has 0 heterocycles. The molecule has 0 aliphatic carbocycles. The molecule has 0 atom stereocenters. The topological polar surface area (TPSA) is 54.4 Å². The summed E-state index contributed by atoms with van der Waals surface area (Å²) in [6, 6.07) is 0. The number of hydrogen-bond donors (Lipinski definition) is 1. The van der Waals surface area contributed by atoms with Gasteiger partial charge in [0.05, 0.1) is 0 Å². The predicted octanol–water partition coefficient (Wildman–Crippen LogP) is -0.244. The molecule has 0 amide bonds. The third-order valence-electron chi connectivity index (χ3n) is 0. The average molecular weight is 156 g/mol. The summed E-state index contributed by atoms with van der Waals surface area (Å²) >= 11 is 0. The number of hydrogen-bond acceptors (Lipinski definition) is 2. The molecule has 0 radical (unpaired) electrons. The zero-order chi connectivity index (χ0) is 4.50. The smallest absolute Gasteiger partial charge is 0.260 e. The van der Waals surface area contributed by atoms with Gasteiger partial charge in [0.1, 0.15) is 0 Å². The van der Waals surface area contributed by atoms with Crippen molar-refractivity contribution < 1.29 is 33.9 Å². The van der Waals surface area contributed by atoms with E-state index >= 15 is 0 Å². The summed E-state index contributed by atoms with van der Waals surface area (Å²) in [6.07, 6.45) is 0. The largest absolute Gasteiger partial charge is 0.435 e. The second kappa shape index (κ2) is 2.52. The third kappa shape index (κ3) is 381. The first-order valence-corrected chi connectivity index (χ1v) is 2.01. The van der Waals surface area contributed by atoms with Crippen LogP contribution in [0, 0.1) is 0 Å². The first-order chi connectivity index (χ1) is 2.00. The van der Waals surface area contributed by atoms with Crippen LogP contribution < -0.4 is 0 Å². The van der Waals surface area contributed by atoms with E-state index in [1.54, 1.807) is 0 Å². The fourth-order valence-corrected chi connectivity index (χ4v) is 0. The van der Waals surface area contributed by atoms with Crippen molar-refractivity contribution in [2.45, 2.75) is 0 Å². The molecule has 0 aromatic carbocycles. The van der Waals surface area contributed by atoms with Gasteiger partial charge in [-0.05, 0) is 0 Å². The summed E-state index contributed by atoms with van der Waals surface area (Å²) in [7, 11) is -5.17. The molecule has 0 bridgehead atoms. The van der Waals surface area contributed by atoms with Crippen molar-refractivity contribution in [3.63, 3.8) is 0 Å². The minimum absolute atomic E-state index is 0. The van der Waals surface area contributed by atoms with E-state index in [0.29, 0.717) is 0 Å². The second-order valence-corrected chi connectivity index (χ2v) is 1.24. The van der Waals surface area contributed by atoms with Gasteiger partial charge in [-0.25, -0.2) is 0 Å². The van der Waals surface area contributed by atoms with Gasteiger partial charge in [-0.3, -0.25) is 4.55 Å². The molecule has 40 valence electrons. The minimum atomic E-state index is -5.17. The Kier molecular flexibility index (Phi) is 4.03.